The van der Waals surface area contributed by atoms with Crippen LogP contribution < -0.4 is 10.6 Å². The lowest BCUT2D eigenvalue weighted by molar-refractivity contribution is 0.301. The van der Waals surface area contributed by atoms with Crippen molar-refractivity contribution in [1.29, 1.82) is 0 Å². The molecule has 0 amide bonds. The van der Waals surface area contributed by atoms with Gasteiger partial charge in [-0.1, -0.05) is 13.8 Å². The molecule has 2 atom stereocenters. The van der Waals surface area contributed by atoms with Gasteiger partial charge in [-0.25, -0.2) is 0 Å². The van der Waals surface area contributed by atoms with Gasteiger partial charge in [0.05, 0.1) is 0 Å². The summed E-state index contributed by atoms with van der Waals surface area (Å²) >= 11 is 0. The Labute approximate surface area is 63.4 Å². The summed E-state index contributed by atoms with van der Waals surface area (Å²) in [5.74, 6) is 0.800. The third-order valence-electron chi connectivity index (χ3n) is 2.25. The Bertz CT molecular complexity index is 91.3. The Morgan fingerprint density at radius 3 is 3.00 bits per heavy atom. The van der Waals surface area contributed by atoms with E-state index in [9.17, 15) is 0 Å². The second kappa shape index (κ2) is 3.94. The van der Waals surface area contributed by atoms with E-state index >= 15 is 0 Å². The Hall–Kier alpha value is -0.0800. The molecule has 0 spiro atoms. The Morgan fingerprint density at radius 2 is 2.40 bits per heavy atom. The summed E-state index contributed by atoms with van der Waals surface area (Å²) < 4.78 is 0. The smallest absolute Gasteiger partial charge is 0.0117 e. The molecule has 60 valence electrons. The molecule has 0 unspecified atom stereocenters. The maximum absolute atomic E-state index is 3.49. The van der Waals surface area contributed by atoms with E-state index in [4.69, 9.17) is 0 Å². The molecule has 2 N–H and O–H groups in total. The van der Waals surface area contributed by atoms with Crippen LogP contribution in [0.5, 0.6) is 0 Å². The van der Waals surface area contributed by atoms with Crippen molar-refractivity contribution >= 4 is 0 Å². The molecule has 0 aliphatic carbocycles. The first-order valence-electron chi connectivity index (χ1n) is 4.28. The van der Waals surface area contributed by atoms with E-state index < -0.39 is 0 Å². The summed E-state index contributed by atoms with van der Waals surface area (Å²) in [5.41, 5.74) is 0. The van der Waals surface area contributed by atoms with Crippen molar-refractivity contribution in [2.24, 2.45) is 5.92 Å². The Balaban J connectivity index is 2.25. The molecule has 0 saturated carbocycles. The fourth-order valence-electron chi connectivity index (χ4n) is 1.58. The predicted octanol–water partition coefficient (Wildman–Crippen LogP) is 0.594. The monoisotopic (exact) mass is 142 g/mol. The number of rotatable bonds is 2. The van der Waals surface area contributed by atoms with E-state index in [1.54, 1.807) is 0 Å². The average Bonchev–Trinajstić information content (AvgIpc) is 1.94. The second-order valence-corrected chi connectivity index (χ2v) is 3.13. The van der Waals surface area contributed by atoms with Crippen LogP contribution in [0.2, 0.25) is 0 Å². The molecule has 0 radical (unpaired) electrons. The second-order valence-electron chi connectivity index (χ2n) is 3.13. The van der Waals surface area contributed by atoms with Gasteiger partial charge in [0, 0.05) is 6.04 Å². The number of hydrogen-bond acceptors (Lipinski definition) is 2. The van der Waals surface area contributed by atoms with Gasteiger partial charge in [0.15, 0.2) is 0 Å². The molecule has 0 aromatic heterocycles. The molecule has 1 heterocycles. The molecule has 1 rings (SSSR count). The van der Waals surface area contributed by atoms with Crippen LogP contribution in [0, 0.1) is 5.92 Å². The van der Waals surface area contributed by atoms with Crippen LogP contribution in [-0.4, -0.2) is 25.7 Å². The lowest BCUT2D eigenvalue weighted by atomic mass is 9.95. The summed E-state index contributed by atoms with van der Waals surface area (Å²) in [6.45, 7) is 7.95. The molecule has 2 nitrogen and oxygen atoms in total. The summed E-state index contributed by atoms with van der Waals surface area (Å²) in [6, 6.07) is 0.756. The zero-order valence-electron chi connectivity index (χ0n) is 6.98. The minimum absolute atomic E-state index is 0.756. The van der Waals surface area contributed by atoms with Crippen molar-refractivity contribution in [2.75, 3.05) is 19.6 Å². The van der Waals surface area contributed by atoms with E-state index in [1.807, 2.05) is 0 Å². The fraction of sp³-hybridized carbons (Fsp3) is 1.00. The third kappa shape index (κ3) is 1.96. The first kappa shape index (κ1) is 8.02. The van der Waals surface area contributed by atoms with E-state index in [-0.39, 0.29) is 0 Å². The first-order valence-corrected chi connectivity index (χ1v) is 4.28. The maximum Gasteiger partial charge on any atom is 0.0117 e. The Kier molecular flexibility index (Phi) is 3.16. The zero-order chi connectivity index (χ0) is 7.40. The topological polar surface area (TPSA) is 24.1 Å². The fourth-order valence-corrected chi connectivity index (χ4v) is 1.58. The average molecular weight is 142 g/mol. The van der Waals surface area contributed by atoms with Crippen LogP contribution in [0.15, 0.2) is 0 Å². The molecule has 1 fully saturated rings. The van der Waals surface area contributed by atoms with Gasteiger partial charge in [0.1, 0.15) is 0 Å². The summed E-state index contributed by atoms with van der Waals surface area (Å²) in [5, 5.41) is 6.88. The van der Waals surface area contributed by atoms with Crippen LogP contribution in [0.1, 0.15) is 20.3 Å². The first-order chi connectivity index (χ1) is 4.84. The Morgan fingerprint density at radius 1 is 1.60 bits per heavy atom. The van der Waals surface area contributed by atoms with E-state index in [1.165, 1.54) is 19.5 Å². The van der Waals surface area contributed by atoms with Crippen LogP contribution in [0.3, 0.4) is 0 Å². The number of nitrogens with one attached hydrogen (secondary N) is 2. The van der Waals surface area contributed by atoms with Crippen molar-refractivity contribution in [3.05, 3.63) is 0 Å². The van der Waals surface area contributed by atoms with Crippen molar-refractivity contribution in [3.63, 3.8) is 0 Å². The molecular weight excluding hydrogens is 124 g/mol. The third-order valence-corrected chi connectivity index (χ3v) is 2.25. The molecule has 10 heavy (non-hydrogen) atoms. The molecule has 0 aromatic rings. The lowest BCUT2D eigenvalue weighted by Gasteiger charge is -2.29. The highest BCUT2D eigenvalue weighted by Crippen LogP contribution is 2.09. The van der Waals surface area contributed by atoms with Gasteiger partial charge >= 0.3 is 0 Å². The summed E-state index contributed by atoms with van der Waals surface area (Å²) in [6.07, 6.45) is 1.29. The quantitative estimate of drug-likeness (QED) is 0.590. The molecular formula is C8H18N2. The van der Waals surface area contributed by atoms with E-state index in [2.05, 4.69) is 24.5 Å². The van der Waals surface area contributed by atoms with Crippen molar-refractivity contribution in [1.82, 2.24) is 10.6 Å². The minimum atomic E-state index is 0.756. The predicted molar refractivity (Wildman–Crippen MR) is 44.1 cm³/mol. The zero-order valence-corrected chi connectivity index (χ0v) is 6.98. The van der Waals surface area contributed by atoms with Crippen LogP contribution >= 0.6 is 0 Å². The van der Waals surface area contributed by atoms with Gasteiger partial charge in [0.2, 0.25) is 0 Å². The maximum atomic E-state index is 3.49. The van der Waals surface area contributed by atoms with Crippen molar-refractivity contribution < 1.29 is 0 Å². The summed E-state index contributed by atoms with van der Waals surface area (Å²) in [4.78, 5) is 0. The van der Waals surface area contributed by atoms with E-state index in [0.717, 1.165) is 18.5 Å². The van der Waals surface area contributed by atoms with Crippen molar-refractivity contribution in [3.8, 4) is 0 Å². The normalized spacial score (nSPS) is 34.2. The molecule has 1 saturated heterocycles. The van der Waals surface area contributed by atoms with Gasteiger partial charge < -0.3 is 10.6 Å². The van der Waals surface area contributed by atoms with E-state index in [0.29, 0.717) is 0 Å². The van der Waals surface area contributed by atoms with Crippen LogP contribution in [0.4, 0.5) is 0 Å². The van der Waals surface area contributed by atoms with Crippen molar-refractivity contribution in [2.45, 2.75) is 26.3 Å². The van der Waals surface area contributed by atoms with Crippen LogP contribution in [0.25, 0.3) is 0 Å². The highest BCUT2D eigenvalue weighted by atomic mass is 15.0. The molecule has 1 aliphatic heterocycles. The van der Waals surface area contributed by atoms with Gasteiger partial charge in [-0.15, -0.1) is 0 Å². The van der Waals surface area contributed by atoms with Gasteiger partial charge in [-0.3, -0.25) is 0 Å². The van der Waals surface area contributed by atoms with Crippen LogP contribution in [-0.2, 0) is 0 Å². The highest BCUT2D eigenvalue weighted by Gasteiger charge is 2.18. The molecule has 1 aliphatic rings. The summed E-state index contributed by atoms with van der Waals surface area (Å²) in [7, 11) is 0. The molecule has 2 heteroatoms. The number of piperidine rings is 1. The largest absolute Gasteiger partial charge is 0.316 e. The molecule has 0 aromatic carbocycles. The van der Waals surface area contributed by atoms with Gasteiger partial charge in [-0.2, -0.15) is 0 Å². The SMILES string of the molecule is CCN[C@@H]1CCNC[C@H]1C. The molecule has 0 bridgehead atoms. The number of hydrogen-bond donors (Lipinski definition) is 2. The van der Waals surface area contributed by atoms with Gasteiger partial charge in [0.25, 0.3) is 0 Å². The lowest BCUT2D eigenvalue weighted by Crippen LogP contribution is -2.46. The standard InChI is InChI=1S/C8H18N2/c1-3-10-8-4-5-9-6-7(8)2/h7-10H,3-6H2,1-2H3/t7-,8-/m1/s1. The minimum Gasteiger partial charge on any atom is -0.316 e. The highest BCUT2D eigenvalue weighted by molar-refractivity contribution is 4.79. The van der Waals surface area contributed by atoms with Gasteiger partial charge in [-0.05, 0) is 32.0 Å².